The predicted molar refractivity (Wildman–Crippen MR) is 85.0 cm³/mol. The first-order valence-electron chi connectivity index (χ1n) is 6.98. The number of Topliss-reactive ketones (excluding diaryl/α,β-unsaturated/α-hetero) is 1. The zero-order chi connectivity index (χ0) is 15.9. The molecule has 0 amide bonds. The van der Waals surface area contributed by atoms with Crippen LogP contribution in [0, 0.1) is 12.7 Å². The summed E-state index contributed by atoms with van der Waals surface area (Å²) in [7, 11) is 1.59. The number of fused-ring (bicyclic) bond motifs is 1. The highest BCUT2D eigenvalue weighted by molar-refractivity contribution is 6.12. The van der Waals surface area contributed by atoms with Crippen LogP contribution in [0.3, 0.4) is 0 Å². The number of ether oxygens (including phenoxy) is 1. The van der Waals surface area contributed by atoms with Crippen molar-refractivity contribution in [2.45, 2.75) is 13.8 Å². The minimum Gasteiger partial charge on any atom is -0.496 e. The first-order valence-corrected chi connectivity index (χ1v) is 6.98. The van der Waals surface area contributed by atoms with Crippen molar-refractivity contribution in [1.82, 2.24) is 4.98 Å². The number of H-pyrrole nitrogens is 1. The summed E-state index contributed by atoms with van der Waals surface area (Å²) in [6.45, 7) is 3.46. The summed E-state index contributed by atoms with van der Waals surface area (Å²) in [5, 5.41) is 0.589. The van der Waals surface area contributed by atoms with Gasteiger partial charge in [-0.15, -0.1) is 0 Å². The molecule has 22 heavy (non-hydrogen) atoms. The lowest BCUT2D eigenvalue weighted by Crippen LogP contribution is -1.96. The summed E-state index contributed by atoms with van der Waals surface area (Å²) >= 11 is 0. The van der Waals surface area contributed by atoms with Crippen LogP contribution in [0.25, 0.3) is 22.2 Å². The molecule has 0 aliphatic heterocycles. The van der Waals surface area contributed by atoms with E-state index in [2.05, 4.69) is 4.98 Å². The third-order valence-corrected chi connectivity index (χ3v) is 3.74. The number of aromatic nitrogens is 1. The van der Waals surface area contributed by atoms with Crippen LogP contribution >= 0.6 is 0 Å². The molecule has 1 aromatic heterocycles. The molecule has 3 aromatic rings. The molecule has 4 heteroatoms. The van der Waals surface area contributed by atoms with Crippen LogP contribution in [0.1, 0.15) is 22.8 Å². The summed E-state index contributed by atoms with van der Waals surface area (Å²) in [5.74, 6) is 0.187. The van der Waals surface area contributed by atoms with E-state index < -0.39 is 0 Å². The Labute approximate surface area is 127 Å². The second kappa shape index (κ2) is 5.30. The van der Waals surface area contributed by atoms with Crippen molar-refractivity contribution < 1.29 is 13.9 Å². The predicted octanol–water partition coefficient (Wildman–Crippen LogP) is 4.49. The van der Waals surface area contributed by atoms with Crippen LogP contribution in [0.2, 0.25) is 0 Å². The van der Waals surface area contributed by atoms with Gasteiger partial charge in [0.05, 0.1) is 18.4 Å². The van der Waals surface area contributed by atoms with Gasteiger partial charge in [-0.25, -0.2) is 4.39 Å². The molecular formula is C18H16FNO2. The van der Waals surface area contributed by atoms with E-state index in [1.165, 1.54) is 19.1 Å². The molecule has 3 rings (SSSR count). The maximum Gasteiger partial charge on any atom is 0.162 e. The lowest BCUT2D eigenvalue weighted by Gasteiger charge is -2.09. The lowest BCUT2D eigenvalue weighted by molar-refractivity contribution is 0.102. The van der Waals surface area contributed by atoms with Crippen molar-refractivity contribution in [3.63, 3.8) is 0 Å². The Morgan fingerprint density at radius 1 is 1.18 bits per heavy atom. The smallest absolute Gasteiger partial charge is 0.162 e. The minimum atomic E-state index is -0.364. The van der Waals surface area contributed by atoms with Crippen molar-refractivity contribution in [1.29, 1.82) is 0 Å². The van der Waals surface area contributed by atoms with Crippen LogP contribution in [0.4, 0.5) is 4.39 Å². The van der Waals surface area contributed by atoms with E-state index in [4.69, 9.17) is 4.74 Å². The summed E-state index contributed by atoms with van der Waals surface area (Å²) in [4.78, 5) is 15.4. The summed E-state index contributed by atoms with van der Waals surface area (Å²) < 4.78 is 19.0. The average molecular weight is 297 g/mol. The van der Waals surface area contributed by atoms with E-state index in [0.717, 1.165) is 16.6 Å². The normalized spacial score (nSPS) is 10.9. The Balaban J connectivity index is 2.38. The van der Waals surface area contributed by atoms with Gasteiger partial charge in [0.25, 0.3) is 0 Å². The Morgan fingerprint density at radius 3 is 2.64 bits per heavy atom. The fourth-order valence-corrected chi connectivity index (χ4v) is 2.75. The van der Waals surface area contributed by atoms with Crippen molar-refractivity contribution >= 4 is 16.7 Å². The van der Waals surface area contributed by atoms with Crippen LogP contribution in [-0.4, -0.2) is 17.9 Å². The summed E-state index contributed by atoms with van der Waals surface area (Å²) in [6.07, 6.45) is 0. The zero-order valence-corrected chi connectivity index (χ0v) is 12.7. The number of hydrogen-bond acceptors (Lipinski definition) is 2. The number of methoxy groups -OCH3 is 1. The van der Waals surface area contributed by atoms with Gasteiger partial charge in [0.1, 0.15) is 11.6 Å². The highest BCUT2D eigenvalue weighted by Crippen LogP contribution is 2.36. The maximum absolute atomic E-state index is 13.6. The van der Waals surface area contributed by atoms with Crippen molar-refractivity contribution in [3.8, 4) is 17.0 Å². The molecule has 1 N–H and O–H groups in total. The molecular weight excluding hydrogens is 281 g/mol. The van der Waals surface area contributed by atoms with Gasteiger partial charge in [0.2, 0.25) is 0 Å². The van der Waals surface area contributed by atoms with E-state index in [1.54, 1.807) is 13.2 Å². The van der Waals surface area contributed by atoms with Crippen LogP contribution in [0.15, 0.2) is 36.4 Å². The Hall–Kier alpha value is -2.62. The van der Waals surface area contributed by atoms with Gasteiger partial charge in [-0.3, -0.25) is 4.79 Å². The second-order valence-electron chi connectivity index (χ2n) is 5.32. The second-order valence-corrected chi connectivity index (χ2v) is 5.32. The third-order valence-electron chi connectivity index (χ3n) is 3.74. The van der Waals surface area contributed by atoms with Gasteiger partial charge in [-0.2, -0.15) is 0 Å². The first kappa shape index (κ1) is 14.3. The zero-order valence-electron chi connectivity index (χ0n) is 12.7. The van der Waals surface area contributed by atoms with Crippen molar-refractivity contribution in [2.24, 2.45) is 0 Å². The number of aryl methyl sites for hydroxylation is 1. The van der Waals surface area contributed by atoms with E-state index in [1.807, 2.05) is 25.1 Å². The van der Waals surface area contributed by atoms with Gasteiger partial charge in [-0.1, -0.05) is 11.6 Å². The molecule has 2 aromatic carbocycles. The van der Waals surface area contributed by atoms with Gasteiger partial charge in [0.15, 0.2) is 5.78 Å². The van der Waals surface area contributed by atoms with E-state index in [-0.39, 0.29) is 11.6 Å². The fourth-order valence-electron chi connectivity index (χ4n) is 2.75. The Morgan fingerprint density at radius 2 is 1.95 bits per heavy atom. The SMILES string of the molecule is COc1ccc(C)cc1-c1[nH]c2ccc(F)cc2c1C(C)=O. The standard InChI is InChI=1S/C18H16FNO2/c1-10-4-7-16(22-3)14(8-10)18-17(11(2)21)13-9-12(19)5-6-15(13)20-18/h4-9,20H,1-3H3. The fraction of sp³-hybridized carbons (Fsp3) is 0.167. The average Bonchev–Trinajstić information content (AvgIpc) is 2.85. The number of hydrogen-bond donors (Lipinski definition) is 1. The Kier molecular flexibility index (Phi) is 3.45. The molecule has 0 unspecified atom stereocenters. The molecule has 0 bridgehead atoms. The molecule has 0 radical (unpaired) electrons. The number of halogens is 1. The molecule has 0 fully saturated rings. The molecule has 3 nitrogen and oxygen atoms in total. The Bertz CT molecular complexity index is 880. The molecule has 0 spiro atoms. The highest BCUT2D eigenvalue weighted by Gasteiger charge is 2.19. The van der Waals surface area contributed by atoms with E-state index >= 15 is 0 Å². The lowest BCUT2D eigenvalue weighted by atomic mass is 10.0. The molecule has 112 valence electrons. The topological polar surface area (TPSA) is 42.1 Å². The van der Waals surface area contributed by atoms with Crippen molar-refractivity contribution in [2.75, 3.05) is 7.11 Å². The highest BCUT2D eigenvalue weighted by atomic mass is 19.1. The molecule has 0 saturated heterocycles. The first-order chi connectivity index (χ1) is 10.5. The van der Waals surface area contributed by atoms with Gasteiger partial charge >= 0.3 is 0 Å². The molecule has 1 heterocycles. The number of nitrogens with one attached hydrogen (secondary N) is 1. The quantitative estimate of drug-likeness (QED) is 0.723. The van der Waals surface area contributed by atoms with E-state index in [0.29, 0.717) is 22.4 Å². The molecule has 0 saturated carbocycles. The van der Waals surface area contributed by atoms with E-state index in [9.17, 15) is 9.18 Å². The molecule has 0 atom stereocenters. The monoisotopic (exact) mass is 297 g/mol. The molecule has 0 aliphatic carbocycles. The third kappa shape index (κ3) is 2.26. The minimum absolute atomic E-state index is 0.115. The van der Waals surface area contributed by atoms with Crippen LogP contribution in [-0.2, 0) is 0 Å². The number of rotatable bonds is 3. The number of ketones is 1. The van der Waals surface area contributed by atoms with Crippen molar-refractivity contribution in [3.05, 3.63) is 53.3 Å². The van der Waals surface area contributed by atoms with Gasteiger partial charge in [-0.05, 0) is 44.2 Å². The van der Waals surface area contributed by atoms with Crippen LogP contribution in [0.5, 0.6) is 5.75 Å². The van der Waals surface area contributed by atoms with Crippen LogP contribution < -0.4 is 4.74 Å². The number of carbonyl (C=O) groups is 1. The largest absolute Gasteiger partial charge is 0.496 e. The summed E-state index contributed by atoms with van der Waals surface area (Å²) in [6, 6.07) is 10.2. The van der Waals surface area contributed by atoms with Gasteiger partial charge < -0.3 is 9.72 Å². The number of carbonyl (C=O) groups excluding carboxylic acids is 1. The number of aromatic amines is 1. The number of benzene rings is 2. The molecule has 0 aliphatic rings. The van der Waals surface area contributed by atoms with Gasteiger partial charge in [0, 0.05) is 16.5 Å². The summed E-state index contributed by atoms with van der Waals surface area (Å²) in [5.41, 5.74) is 3.72. The maximum atomic E-state index is 13.6.